The van der Waals surface area contributed by atoms with Crippen molar-refractivity contribution in [1.29, 1.82) is 0 Å². The van der Waals surface area contributed by atoms with E-state index in [4.69, 9.17) is 0 Å². The summed E-state index contributed by atoms with van der Waals surface area (Å²) >= 11 is 0. The lowest BCUT2D eigenvalue weighted by Gasteiger charge is -2.61. The summed E-state index contributed by atoms with van der Waals surface area (Å²) in [6.45, 7) is 0. The summed E-state index contributed by atoms with van der Waals surface area (Å²) in [5, 5.41) is 0. The van der Waals surface area contributed by atoms with Crippen LogP contribution in [0.15, 0.2) is 30.3 Å². The molecule has 4 heteroatoms. The molecule has 2 amide bonds. The number of hydrogen-bond donors (Lipinski definition) is 0. The summed E-state index contributed by atoms with van der Waals surface area (Å²) in [7, 11) is 3.62. The number of rotatable bonds is 3. The van der Waals surface area contributed by atoms with Crippen molar-refractivity contribution < 1.29 is 9.59 Å². The Labute approximate surface area is 161 Å². The Morgan fingerprint density at radius 2 is 1.56 bits per heavy atom. The lowest BCUT2D eigenvalue weighted by atomic mass is 9.52. The molecule has 1 saturated heterocycles. The van der Waals surface area contributed by atoms with Gasteiger partial charge in [-0.1, -0.05) is 30.3 Å². The number of hydrogen-bond acceptors (Lipinski definition) is 2. The van der Waals surface area contributed by atoms with Crippen LogP contribution in [-0.2, 0) is 9.59 Å². The van der Waals surface area contributed by atoms with Gasteiger partial charge in [-0.25, -0.2) is 0 Å². The van der Waals surface area contributed by atoms with E-state index in [2.05, 4.69) is 17.0 Å². The summed E-state index contributed by atoms with van der Waals surface area (Å²) in [5.41, 5.74) is 1.12. The lowest BCUT2D eigenvalue weighted by Crippen LogP contribution is -2.61. The SMILES string of the molecule is CN(C)C(=O)[C@H]1CC(=O)N(C23CC4CC(CC(C4)C2)C3)[C@@H]1c1ccccc1. The Morgan fingerprint density at radius 1 is 1.00 bits per heavy atom. The molecule has 2 atom stereocenters. The van der Waals surface area contributed by atoms with Gasteiger partial charge < -0.3 is 9.80 Å². The molecule has 5 aliphatic rings. The van der Waals surface area contributed by atoms with E-state index in [1.807, 2.05) is 32.3 Å². The van der Waals surface area contributed by atoms with Crippen LogP contribution in [0, 0.1) is 23.7 Å². The van der Waals surface area contributed by atoms with E-state index in [9.17, 15) is 9.59 Å². The summed E-state index contributed by atoms with van der Waals surface area (Å²) in [6.07, 6.45) is 7.88. The molecule has 1 heterocycles. The largest absolute Gasteiger partial charge is 0.348 e. The number of benzene rings is 1. The minimum absolute atomic E-state index is 0.00627. The van der Waals surface area contributed by atoms with E-state index in [1.54, 1.807) is 4.90 Å². The van der Waals surface area contributed by atoms with Crippen molar-refractivity contribution >= 4 is 11.8 Å². The molecule has 1 aromatic rings. The fourth-order valence-corrected chi connectivity index (χ4v) is 7.24. The predicted molar refractivity (Wildman–Crippen MR) is 104 cm³/mol. The van der Waals surface area contributed by atoms with Crippen molar-refractivity contribution in [3.05, 3.63) is 35.9 Å². The molecule has 4 nitrogen and oxygen atoms in total. The Hall–Kier alpha value is -1.84. The Balaban J connectivity index is 1.58. The normalized spacial score (nSPS) is 39.9. The molecular weight excluding hydrogens is 336 g/mol. The minimum Gasteiger partial charge on any atom is -0.348 e. The molecule has 4 bridgehead atoms. The van der Waals surface area contributed by atoms with Gasteiger partial charge >= 0.3 is 0 Å². The highest BCUT2D eigenvalue weighted by Crippen LogP contribution is 2.61. The monoisotopic (exact) mass is 366 g/mol. The molecule has 1 aliphatic heterocycles. The van der Waals surface area contributed by atoms with E-state index < -0.39 is 0 Å². The summed E-state index contributed by atoms with van der Waals surface area (Å²) < 4.78 is 0. The third-order valence-corrected chi connectivity index (χ3v) is 7.74. The van der Waals surface area contributed by atoms with Gasteiger partial charge in [0.05, 0.1) is 12.0 Å². The van der Waals surface area contributed by atoms with Gasteiger partial charge in [0.25, 0.3) is 0 Å². The smallest absolute Gasteiger partial charge is 0.228 e. The van der Waals surface area contributed by atoms with Crippen molar-refractivity contribution in [2.24, 2.45) is 23.7 Å². The van der Waals surface area contributed by atoms with Gasteiger partial charge in [-0.3, -0.25) is 9.59 Å². The molecule has 0 N–H and O–H groups in total. The van der Waals surface area contributed by atoms with Crippen molar-refractivity contribution in [3.8, 4) is 0 Å². The van der Waals surface area contributed by atoms with Crippen LogP contribution >= 0.6 is 0 Å². The number of nitrogens with zero attached hydrogens (tertiary/aromatic N) is 2. The molecule has 1 aromatic carbocycles. The molecule has 27 heavy (non-hydrogen) atoms. The molecule has 6 rings (SSSR count). The maximum atomic E-state index is 13.4. The summed E-state index contributed by atoms with van der Waals surface area (Å²) in [6, 6.07) is 10.2. The van der Waals surface area contributed by atoms with Gasteiger partial charge in [0, 0.05) is 26.1 Å². The van der Waals surface area contributed by atoms with Gasteiger partial charge in [0.1, 0.15) is 0 Å². The Bertz CT molecular complexity index is 722. The number of likely N-dealkylation sites (tertiary alicyclic amines) is 1. The summed E-state index contributed by atoms with van der Waals surface area (Å²) in [4.78, 5) is 30.2. The number of carbonyl (C=O) groups excluding carboxylic acids is 2. The van der Waals surface area contributed by atoms with Crippen LogP contribution in [0.3, 0.4) is 0 Å². The van der Waals surface area contributed by atoms with Crippen molar-refractivity contribution in [2.45, 2.75) is 56.5 Å². The molecule has 144 valence electrons. The van der Waals surface area contributed by atoms with Crippen LogP contribution in [0.25, 0.3) is 0 Å². The second-order valence-corrected chi connectivity index (χ2v) is 9.80. The van der Waals surface area contributed by atoms with Crippen molar-refractivity contribution in [2.75, 3.05) is 14.1 Å². The zero-order valence-electron chi connectivity index (χ0n) is 16.4. The second kappa shape index (κ2) is 6.08. The second-order valence-electron chi connectivity index (χ2n) is 9.80. The van der Waals surface area contributed by atoms with Crippen LogP contribution in [0.1, 0.15) is 56.6 Å². The van der Waals surface area contributed by atoms with Crippen molar-refractivity contribution in [1.82, 2.24) is 9.80 Å². The van der Waals surface area contributed by atoms with E-state index in [0.29, 0.717) is 6.42 Å². The molecule has 0 radical (unpaired) electrons. The molecule has 0 spiro atoms. The van der Waals surface area contributed by atoms with E-state index >= 15 is 0 Å². The third kappa shape index (κ3) is 2.63. The quantitative estimate of drug-likeness (QED) is 0.820. The zero-order valence-corrected chi connectivity index (χ0v) is 16.4. The fraction of sp³-hybridized carbons (Fsp3) is 0.652. The molecule has 0 unspecified atom stereocenters. The van der Waals surface area contributed by atoms with Crippen LogP contribution in [0.5, 0.6) is 0 Å². The van der Waals surface area contributed by atoms with Gasteiger partial charge in [0.2, 0.25) is 11.8 Å². The molecule has 5 fully saturated rings. The first-order valence-corrected chi connectivity index (χ1v) is 10.5. The van der Waals surface area contributed by atoms with E-state index in [0.717, 1.165) is 42.6 Å². The first-order valence-electron chi connectivity index (χ1n) is 10.5. The molecule has 4 aliphatic carbocycles. The zero-order chi connectivity index (χ0) is 18.8. The maximum Gasteiger partial charge on any atom is 0.228 e. The summed E-state index contributed by atoms with van der Waals surface area (Å²) in [5.74, 6) is 2.37. The van der Waals surface area contributed by atoms with Gasteiger partial charge in [-0.2, -0.15) is 0 Å². The topological polar surface area (TPSA) is 40.6 Å². The van der Waals surface area contributed by atoms with E-state index in [-0.39, 0.29) is 29.3 Å². The molecule has 4 saturated carbocycles. The standard InChI is InChI=1S/C23H30N2O2/c1-24(2)22(27)19-11-20(26)25(21(19)18-6-4-3-5-7-18)23-12-15-8-16(13-23)10-17(9-15)14-23/h3-7,15-17,19,21H,8-14H2,1-2H3/t15?,16?,17?,19-,21+,23?/m0/s1. The highest BCUT2D eigenvalue weighted by atomic mass is 16.2. The highest BCUT2D eigenvalue weighted by molar-refractivity contribution is 5.90. The molecule has 0 aromatic heterocycles. The van der Waals surface area contributed by atoms with Crippen LogP contribution in [-0.4, -0.2) is 41.2 Å². The fourth-order valence-electron chi connectivity index (χ4n) is 7.24. The first kappa shape index (κ1) is 17.3. The van der Waals surface area contributed by atoms with E-state index in [1.165, 1.54) is 19.3 Å². The van der Waals surface area contributed by atoms with Crippen LogP contribution < -0.4 is 0 Å². The molecular formula is C23H30N2O2. The van der Waals surface area contributed by atoms with Gasteiger partial charge in [-0.15, -0.1) is 0 Å². The minimum atomic E-state index is -0.261. The van der Waals surface area contributed by atoms with Crippen LogP contribution in [0.2, 0.25) is 0 Å². The third-order valence-electron chi connectivity index (χ3n) is 7.74. The average molecular weight is 367 g/mol. The maximum absolute atomic E-state index is 13.4. The highest BCUT2D eigenvalue weighted by Gasteiger charge is 2.59. The Morgan fingerprint density at radius 3 is 2.07 bits per heavy atom. The average Bonchev–Trinajstić information content (AvgIpc) is 2.98. The van der Waals surface area contributed by atoms with Gasteiger partial charge in [-0.05, 0) is 61.8 Å². The van der Waals surface area contributed by atoms with Crippen molar-refractivity contribution in [3.63, 3.8) is 0 Å². The number of amides is 2. The van der Waals surface area contributed by atoms with Crippen LogP contribution in [0.4, 0.5) is 0 Å². The Kier molecular flexibility index (Phi) is 3.89. The number of carbonyl (C=O) groups is 2. The first-order chi connectivity index (χ1) is 13.0. The lowest BCUT2D eigenvalue weighted by molar-refractivity contribution is -0.150. The van der Waals surface area contributed by atoms with Gasteiger partial charge in [0.15, 0.2) is 0 Å². The predicted octanol–water partition coefficient (Wildman–Crippen LogP) is 3.63.